The minimum atomic E-state index is -0.440. The van der Waals surface area contributed by atoms with Gasteiger partial charge in [-0.3, -0.25) is 9.69 Å². The van der Waals surface area contributed by atoms with Crippen LogP contribution in [0.1, 0.15) is 47.8 Å². The van der Waals surface area contributed by atoms with Gasteiger partial charge in [0.2, 0.25) is 0 Å². The smallest absolute Gasteiger partial charge is 0.261 e. The zero-order valence-electron chi connectivity index (χ0n) is 15.8. The van der Waals surface area contributed by atoms with Crippen molar-refractivity contribution in [3.8, 4) is 11.5 Å². The normalized spacial score (nSPS) is 19.4. The Bertz CT molecular complexity index is 829. The van der Waals surface area contributed by atoms with Gasteiger partial charge < -0.3 is 14.2 Å². The molecule has 0 aromatic heterocycles. The van der Waals surface area contributed by atoms with Gasteiger partial charge in [0, 0.05) is 24.3 Å². The molecule has 2 aromatic rings. The van der Waals surface area contributed by atoms with Crippen LogP contribution in [0.15, 0.2) is 42.5 Å². The molecular weight excluding hydrogens is 342 g/mol. The van der Waals surface area contributed by atoms with E-state index in [9.17, 15) is 4.79 Å². The molecule has 5 nitrogen and oxygen atoms in total. The molecule has 1 atom stereocenters. The number of amides is 1. The summed E-state index contributed by atoms with van der Waals surface area (Å²) in [5, 5.41) is 0. The van der Waals surface area contributed by atoms with E-state index in [4.69, 9.17) is 14.2 Å². The van der Waals surface area contributed by atoms with Gasteiger partial charge in [0.25, 0.3) is 5.91 Å². The van der Waals surface area contributed by atoms with Gasteiger partial charge >= 0.3 is 0 Å². The lowest BCUT2D eigenvalue weighted by atomic mass is 10.1. The number of carbonyl (C=O) groups excluding carboxylic acids is 1. The Morgan fingerprint density at radius 2 is 1.81 bits per heavy atom. The standard InChI is InChI=1S/C22H25NO4/c1-25-19-12-11-16(13-20(19)27-14-15-7-3-4-8-15)23-21(24)17-9-5-6-10-18(17)22(23)26-2/h5-6,9-13,15,22H,3-4,7-8,14H2,1-2H3. The molecule has 0 radical (unpaired) electrons. The SMILES string of the molecule is COc1ccc(N2C(=O)c3ccccc3C2OC)cc1OCC1CCCC1. The Morgan fingerprint density at radius 1 is 1.04 bits per heavy atom. The lowest BCUT2D eigenvalue weighted by Crippen LogP contribution is -2.28. The number of nitrogens with zero attached hydrogens (tertiary/aromatic N) is 1. The second-order valence-corrected chi connectivity index (χ2v) is 7.15. The highest BCUT2D eigenvalue weighted by molar-refractivity contribution is 6.10. The molecule has 142 valence electrons. The van der Waals surface area contributed by atoms with Gasteiger partial charge in [-0.2, -0.15) is 0 Å². The Labute approximate surface area is 159 Å². The maximum atomic E-state index is 13.0. The highest BCUT2D eigenvalue weighted by Crippen LogP contribution is 2.41. The first-order valence-electron chi connectivity index (χ1n) is 9.49. The molecule has 0 bridgehead atoms. The summed E-state index contributed by atoms with van der Waals surface area (Å²) in [7, 11) is 3.25. The highest BCUT2D eigenvalue weighted by atomic mass is 16.5. The Morgan fingerprint density at radius 3 is 2.56 bits per heavy atom. The third-order valence-electron chi connectivity index (χ3n) is 5.51. The molecule has 0 spiro atoms. The van der Waals surface area contributed by atoms with E-state index in [0.29, 0.717) is 29.6 Å². The number of anilines is 1. The second-order valence-electron chi connectivity index (χ2n) is 7.15. The van der Waals surface area contributed by atoms with Crippen molar-refractivity contribution in [3.63, 3.8) is 0 Å². The average molecular weight is 367 g/mol. The van der Waals surface area contributed by atoms with Gasteiger partial charge in [0.1, 0.15) is 0 Å². The summed E-state index contributed by atoms with van der Waals surface area (Å²) < 4.78 is 17.2. The molecule has 1 saturated carbocycles. The van der Waals surface area contributed by atoms with Crippen molar-refractivity contribution < 1.29 is 19.0 Å². The van der Waals surface area contributed by atoms with Crippen molar-refractivity contribution in [2.75, 3.05) is 25.7 Å². The van der Waals surface area contributed by atoms with Crippen LogP contribution in [0.2, 0.25) is 0 Å². The second kappa shape index (κ2) is 7.61. The van der Waals surface area contributed by atoms with Crippen molar-refractivity contribution in [3.05, 3.63) is 53.6 Å². The Kier molecular flexibility index (Phi) is 5.03. The maximum absolute atomic E-state index is 13.0. The number of hydrogen-bond acceptors (Lipinski definition) is 4. The molecule has 2 aliphatic rings. The highest BCUT2D eigenvalue weighted by Gasteiger charge is 2.38. The summed E-state index contributed by atoms with van der Waals surface area (Å²) in [5.41, 5.74) is 2.30. The van der Waals surface area contributed by atoms with Gasteiger partial charge in [-0.25, -0.2) is 0 Å². The van der Waals surface area contributed by atoms with E-state index in [1.54, 1.807) is 19.1 Å². The largest absolute Gasteiger partial charge is 0.493 e. The molecule has 1 unspecified atom stereocenters. The molecule has 0 saturated heterocycles. The zero-order chi connectivity index (χ0) is 18.8. The summed E-state index contributed by atoms with van der Waals surface area (Å²) in [6.45, 7) is 0.682. The molecule has 1 aliphatic heterocycles. The van der Waals surface area contributed by atoms with E-state index in [1.807, 2.05) is 42.5 Å². The minimum Gasteiger partial charge on any atom is -0.493 e. The van der Waals surface area contributed by atoms with Gasteiger partial charge in [-0.15, -0.1) is 0 Å². The van der Waals surface area contributed by atoms with Gasteiger partial charge in [-0.05, 0) is 37.0 Å². The van der Waals surface area contributed by atoms with E-state index < -0.39 is 6.23 Å². The maximum Gasteiger partial charge on any atom is 0.261 e. The molecule has 0 N–H and O–H groups in total. The number of carbonyl (C=O) groups is 1. The molecule has 27 heavy (non-hydrogen) atoms. The number of benzene rings is 2. The van der Waals surface area contributed by atoms with E-state index in [0.717, 1.165) is 11.3 Å². The van der Waals surface area contributed by atoms with Gasteiger partial charge in [-0.1, -0.05) is 31.0 Å². The molecule has 1 fully saturated rings. The summed E-state index contributed by atoms with van der Waals surface area (Å²) in [4.78, 5) is 14.6. The lowest BCUT2D eigenvalue weighted by Gasteiger charge is -2.25. The number of fused-ring (bicyclic) bond motifs is 1. The van der Waals surface area contributed by atoms with Crippen molar-refractivity contribution in [2.45, 2.75) is 31.9 Å². The van der Waals surface area contributed by atoms with Crippen LogP contribution < -0.4 is 14.4 Å². The van der Waals surface area contributed by atoms with Crippen LogP contribution >= 0.6 is 0 Å². The van der Waals surface area contributed by atoms with Crippen LogP contribution in [0, 0.1) is 5.92 Å². The Hall–Kier alpha value is -2.53. The van der Waals surface area contributed by atoms with Crippen molar-refractivity contribution >= 4 is 11.6 Å². The summed E-state index contributed by atoms with van der Waals surface area (Å²) in [6, 6.07) is 13.2. The minimum absolute atomic E-state index is 0.0654. The molecule has 1 amide bonds. The molecule has 5 heteroatoms. The molecule has 2 aromatic carbocycles. The molecule has 1 aliphatic carbocycles. The monoisotopic (exact) mass is 367 g/mol. The number of methoxy groups -OCH3 is 2. The quantitative estimate of drug-likeness (QED) is 0.750. The predicted octanol–water partition coefficient (Wildman–Crippen LogP) is 4.57. The van der Waals surface area contributed by atoms with E-state index >= 15 is 0 Å². The van der Waals surface area contributed by atoms with Crippen LogP contribution in [0.5, 0.6) is 11.5 Å². The van der Waals surface area contributed by atoms with Gasteiger partial charge in [0.05, 0.1) is 19.4 Å². The topological polar surface area (TPSA) is 48.0 Å². The fourth-order valence-electron chi connectivity index (χ4n) is 4.08. The van der Waals surface area contributed by atoms with Crippen LogP contribution in [-0.2, 0) is 4.74 Å². The Balaban J connectivity index is 1.63. The fourth-order valence-corrected chi connectivity index (χ4v) is 4.08. The average Bonchev–Trinajstić information content (AvgIpc) is 3.32. The molecule has 4 rings (SSSR count). The third kappa shape index (κ3) is 3.28. The van der Waals surface area contributed by atoms with Crippen molar-refractivity contribution in [1.29, 1.82) is 0 Å². The third-order valence-corrected chi connectivity index (χ3v) is 5.51. The number of rotatable bonds is 6. The van der Waals surface area contributed by atoms with Crippen molar-refractivity contribution in [2.24, 2.45) is 5.92 Å². The molecule has 1 heterocycles. The summed E-state index contributed by atoms with van der Waals surface area (Å²) >= 11 is 0. The zero-order valence-corrected chi connectivity index (χ0v) is 15.8. The number of hydrogen-bond donors (Lipinski definition) is 0. The summed E-state index contributed by atoms with van der Waals surface area (Å²) in [6.07, 6.45) is 4.55. The predicted molar refractivity (Wildman–Crippen MR) is 103 cm³/mol. The first-order chi connectivity index (χ1) is 13.2. The van der Waals surface area contributed by atoms with Gasteiger partial charge in [0.15, 0.2) is 17.7 Å². The van der Waals surface area contributed by atoms with Crippen LogP contribution in [0.4, 0.5) is 5.69 Å². The number of ether oxygens (including phenoxy) is 3. The van der Waals surface area contributed by atoms with Crippen LogP contribution in [0.25, 0.3) is 0 Å². The summed E-state index contributed by atoms with van der Waals surface area (Å²) in [5.74, 6) is 1.88. The fraction of sp³-hybridized carbons (Fsp3) is 0.409. The van der Waals surface area contributed by atoms with Crippen LogP contribution in [-0.4, -0.2) is 26.7 Å². The van der Waals surface area contributed by atoms with E-state index in [-0.39, 0.29) is 5.91 Å². The van der Waals surface area contributed by atoms with E-state index in [1.165, 1.54) is 25.7 Å². The first-order valence-corrected chi connectivity index (χ1v) is 9.49. The lowest BCUT2D eigenvalue weighted by molar-refractivity contribution is 0.0822. The first kappa shape index (κ1) is 17.9. The molecular formula is C22H25NO4. The van der Waals surface area contributed by atoms with Crippen LogP contribution in [0.3, 0.4) is 0 Å². The van der Waals surface area contributed by atoms with E-state index in [2.05, 4.69) is 0 Å². The van der Waals surface area contributed by atoms with Crippen molar-refractivity contribution in [1.82, 2.24) is 0 Å².